The molecule has 0 aliphatic rings. The number of nitrogens with two attached hydrogens (primary N) is 1. The number of aromatic nitrogens is 2. The summed E-state index contributed by atoms with van der Waals surface area (Å²) in [6, 6.07) is 1.69. The third kappa shape index (κ3) is 2.31. The Morgan fingerprint density at radius 3 is 2.93 bits per heavy atom. The fourth-order valence-corrected chi connectivity index (χ4v) is 1.01. The van der Waals surface area contributed by atoms with Gasteiger partial charge in [0.2, 0.25) is 5.91 Å². The second-order valence-corrected chi connectivity index (χ2v) is 2.78. The maximum absolute atomic E-state index is 11.1. The largest absolute Gasteiger partial charge is 0.365 e. The van der Waals surface area contributed by atoms with Crippen LogP contribution in [0.15, 0.2) is 6.20 Å². The Kier molecular flexibility index (Phi) is 3.03. The van der Waals surface area contributed by atoms with Crippen LogP contribution in [-0.4, -0.2) is 21.6 Å². The number of hydrogen-bond donors (Lipinski definition) is 2. The average molecular weight is 207 g/mol. The van der Waals surface area contributed by atoms with Gasteiger partial charge in [0, 0.05) is 7.05 Å². The summed E-state index contributed by atoms with van der Waals surface area (Å²) in [5, 5.41) is 14.4. The molecule has 78 valence electrons. The Morgan fingerprint density at radius 2 is 2.40 bits per heavy atom. The van der Waals surface area contributed by atoms with E-state index in [9.17, 15) is 9.59 Å². The first-order valence-corrected chi connectivity index (χ1v) is 4.05. The fourth-order valence-electron chi connectivity index (χ4n) is 1.01. The Labute approximate surface area is 85.5 Å². The molecule has 0 bridgehead atoms. The lowest BCUT2D eigenvalue weighted by Crippen LogP contribution is -2.18. The molecular weight excluding hydrogens is 198 g/mol. The van der Waals surface area contributed by atoms with Crippen LogP contribution in [0.25, 0.3) is 0 Å². The molecule has 3 N–H and O–H groups in total. The number of nitrogens with zero attached hydrogens (tertiary/aromatic N) is 3. The number of nitriles is 1. The van der Waals surface area contributed by atoms with Crippen LogP contribution in [0.4, 0.5) is 5.82 Å². The fraction of sp³-hybridized carbons (Fsp3) is 0.250. The number of carbonyl (C=O) groups excluding carboxylic acids is 2. The van der Waals surface area contributed by atoms with Crippen LogP contribution >= 0.6 is 0 Å². The van der Waals surface area contributed by atoms with E-state index >= 15 is 0 Å². The lowest BCUT2D eigenvalue weighted by atomic mass is 10.3. The van der Waals surface area contributed by atoms with Crippen molar-refractivity contribution in [2.45, 2.75) is 6.42 Å². The molecule has 0 saturated heterocycles. The van der Waals surface area contributed by atoms with Crippen molar-refractivity contribution in [3.63, 3.8) is 0 Å². The first kappa shape index (κ1) is 10.7. The van der Waals surface area contributed by atoms with Crippen molar-refractivity contribution in [1.29, 1.82) is 5.26 Å². The highest BCUT2D eigenvalue weighted by molar-refractivity contribution is 6.02. The molecular formula is C8H9N5O2. The molecule has 15 heavy (non-hydrogen) atoms. The van der Waals surface area contributed by atoms with Crippen molar-refractivity contribution in [3.8, 4) is 6.07 Å². The van der Waals surface area contributed by atoms with Gasteiger partial charge in [-0.2, -0.15) is 10.4 Å². The van der Waals surface area contributed by atoms with Crippen molar-refractivity contribution in [3.05, 3.63) is 11.8 Å². The number of nitrogens with one attached hydrogen (secondary N) is 1. The maximum atomic E-state index is 11.1. The van der Waals surface area contributed by atoms with Crippen LogP contribution in [0.5, 0.6) is 0 Å². The van der Waals surface area contributed by atoms with E-state index < -0.39 is 11.8 Å². The standard InChI is InChI=1S/C8H9N5O2/c1-13-8(12-6(14)2-3-9)5(4-11-13)7(10)15/h4H,2H2,1H3,(H2,10,15)(H,12,14). The first-order valence-electron chi connectivity index (χ1n) is 4.05. The van der Waals surface area contributed by atoms with E-state index in [-0.39, 0.29) is 17.8 Å². The number of anilines is 1. The maximum Gasteiger partial charge on any atom is 0.254 e. The minimum absolute atomic E-state index is 0.115. The lowest BCUT2D eigenvalue weighted by molar-refractivity contribution is -0.115. The zero-order valence-electron chi connectivity index (χ0n) is 8.02. The number of carbonyl (C=O) groups is 2. The molecule has 1 heterocycles. The predicted octanol–water partition coefficient (Wildman–Crippen LogP) is -0.629. The number of aryl methyl sites for hydroxylation is 1. The summed E-state index contributed by atoms with van der Waals surface area (Å²) >= 11 is 0. The molecule has 0 saturated carbocycles. The normalized spacial score (nSPS) is 9.33. The van der Waals surface area contributed by atoms with Crippen LogP contribution in [0.1, 0.15) is 16.8 Å². The minimum Gasteiger partial charge on any atom is -0.365 e. The number of amides is 2. The summed E-state index contributed by atoms with van der Waals surface area (Å²) in [5.74, 6) is -0.998. The Bertz CT molecular complexity index is 442. The van der Waals surface area contributed by atoms with Crippen molar-refractivity contribution < 1.29 is 9.59 Å². The summed E-state index contributed by atoms with van der Waals surface area (Å²) in [5.41, 5.74) is 5.18. The van der Waals surface area contributed by atoms with E-state index in [1.54, 1.807) is 13.1 Å². The van der Waals surface area contributed by atoms with Gasteiger partial charge in [-0.05, 0) is 0 Å². The Hall–Kier alpha value is -2.36. The third-order valence-electron chi connectivity index (χ3n) is 1.70. The second kappa shape index (κ2) is 4.23. The van der Waals surface area contributed by atoms with Gasteiger partial charge in [0.05, 0.1) is 12.3 Å². The van der Waals surface area contributed by atoms with E-state index in [4.69, 9.17) is 11.0 Å². The van der Waals surface area contributed by atoms with Crippen LogP contribution in [0.2, 0.25) is 0 Å². The molecule has 0 aliphatic carbocycles. The molecule has 1 aromatic heterocycles. The van der Waals surface area contributed by atoms with E-state index in [1.807, 2.05) is 0 Å². The molecule has 0 fully saturated rings. The Morgan fingerprint density at radius 1 is 1.73 bits per heavy atom. The monoisotopic (exact) mass is 207 g/mol. The van der Waals surface area contributed by atoms with Crippen LogP contribution in [0.3, 0.4) is 0 Å². The highest BCUT2D eigenvalue weighted by Gasteiger charge is 2.15. The van der Waals surface area contributed by atoms with Gasteiger partial charge in [-0.3, -0.25) is 14.3 Å². The number of primary amides is 1. The van der Waals surface area contributed by atoms with E-state index in [1.165, 1.54) is 10.9 Å². The van der Waals surface area contributed by atoms with E-state index in [0.29, 0.717) is 0 Å². The molecule has 1 rings (SSSR count). The highest BCUT2D eigenvalue weighted by atomic mass is 16.2. The van der Waals surface area contributed by atoms with Gasteiger partial charge >= 0.3 is 0 Å². The summed E-state index contributed by atoms with van der Waals surface area (Å²) in [6.07, 6.45) is 0.966. The van der Waals surface area contributed by atoms with Crippen LogP contribution < -0.4 is 11.1 Å². The molecule has 1 aromatic rings. The molecule has 0 spiro atoms. The zero-order valence-corrected chi connectivity index (χ0v) is 8.02. The second-order valence-electron chi connectivity index (χ2n) is 2.78. The predicted molar refractivity (Wildman–Crippen MR) is 50.6 cm³/mol. The van der Waals surface area contributed by atoms with Gasteiger partial charge in [0.1, 0.15) is 17.8 Å². The molecule has 7 heteroatoms. The molecule has 0 aromatic carbocycles. The van der Waals surface area contributed by atoms with Gasteiger partial charge in [0.15, 0.2) is 0 Å². The van der Waals surface area contributed by atoms with E-state index in [2.05, 4.69) is 10.4 Å². The highest BCUT2D eigenvalue weighted by Crippen LogP contribution is 2.13. The van der Waals surface area contributed by atoms with E-state index in [0.717, 1.165) is 0 Å². The van der Waals surface area contributed by atoms with Gasteiger partial charge in [-0.1, -0.05) is 0 Å². The van der Waals surface area contributed by atoms with Gasteiger partial charge < -0.3 is 11.1 Å². The van der Waals surface area contributed by atoms with Crippen molar-refractivity contribution >= 4 is 17.6 Å². The number of rotatable bonds is 3. The Balaban J connectivity index is 2.94. The first-order chi connectivity index (χ1) is 7.06. The quantitative estimate of drug-likeness (QED) is 0.686. The molecule has 0 atom stereocenters. The van der Waals surface area contributed by atoms with Crippen molar-refractivity contribution in [2.24, 2.45) is 12.8 Å². The van der Waals surface area contributed by atoms with Crippen LogP contribution in [-0.2, 0) is 11.8 Å². The smallest absolute Gasteiger partial charge is 0.254 e. The van der Waals surface area contributed by atoms with Crippen LogP contribution in [0, 0.1) is 11.3 Å². The third-order valence-corrected chi connectivity index (χ3v) is 1.70. The topological polar surface area (TPSA) is 114 Å². The molecule has 0 radical (unpaired) electrons. The van der Waals surface area contributed by atoms with Gasteiger partial charge in [-0.25, -0.2) is 0 Å². The summed E-state index contributed by atoms with van der Waals surface area (Å²) in [6.45, 7) is 0. The van der Waals surface area contributed by atoms with Gasteiger partial charge in [0.25, 0.3) is 5.91 Å². The summed E-state index contributed by atoms with van der Waals surface area (Å²) < 4.78 is 1.30. The molecule has 0 unspecified atom stereocenters. The summed E-state index contributed by atoms with van der Waals surface area (Å²) in [7, 11) is 1.55. The summed E-state index contributed by atoms with van der Waals surface area (Å²) in [4.78, 5) is 22.0. The average Bonchev–Trinajstić information content (AvgIpc) is 2.48. The van der Waals surface area contributed by atoms with Gasteiger partial charge in [-0.15, -0.1) is 0 Å². The molecule has 7 nitrogen and oxygen atoms in total. The molecule has 0 aliphatic heterocycles. The zero-order chi connectivity index (χ0) is 11.4. The SMILES string of the molecule is Cn1ncc(C(N)=O)c1NC(=O)CC#N. The van der Waals surface area contributed by atoms with Crippen molar-refractivity contribution in [2.75, 3.05) is 5.32 Å². The lowest BCUT2D eigenvalue weighted by Gasteiger charge is -2.04. The molecule has 2 amide bonds. The minimum atomic E-state index is -0.685. The van der Waals surface area contributed by atoms with Crippen molar-refractivity contribution in [1.82, 2.24) is 9.78 Å². The number of hydrogen-bond acceptors (Lipinski definition) is 4.